The Morgan fingerprint density at radius 1 is 0.871 bits per heavy atom. The Balaban J connectivity index is 1.54. The molecular weight excluding hydrogens is 388 g/mol. The van der Waals surface area contributed by atoms with Crippen LogP contribution in [-0.4, -0.2) is 5.97 Å². The van der Waals surface area contributed by atoms with Gasteiger partial charge in [0, 0.05) is 23.9 Å². The zero-order valence-corrected chi connectivity index (χ0v) is 18.6. The molecule has 1 aromatic heterocycles. The van der Waals surface area contributed by atoms with E-state index in [0.29, 0.717) is 17.8 Å². The average molecular weight is 423 g/mol. The molecule has 0 aliphatic carbocycles. The van der Waals surface area contributed by atoms with Gasteiger partial charge in [0.05, 0.1) is 0 Å². The number of hydrogen-bond donors (Lipinski definition) is 0. The van der Waals surface area contributed by atoms with Crippen LogP contribution in [0.5, 0.6) is 5.75 Å². The van der Waals surface area contributed by atoms with Gasteiger partial charge in [-0.2, -0.15) is 0 Å². The molecule has 1 heterocycles. The van der Waals surface area contributed by atoms with Gasteiger partial charge in [-0.25, -0.2) is 4.79 Å². The highest BCUT2D eigenvalue weighted by Crippen LogP contribution is 2.20. The van der Waals surface area contributed by atoms with Gasteiger partial charge in [0.15, 0.2) is 0 Å². The Kier molecular flexibility index (Phi) is 11.8. The molecule has 0 amide bonds. The summed E-state index contributed by atoms with van der Waals surface area (Å²) >= 11 is 0. The number of rotatable bonds is 14. The van der Waals surface area contributed by atoms with Crippen LogP contribution in [0.1, 0.15) is 71.1 Å². The van der Waals surface area contributed by atoms with Gasteiger partial charge >= 0.3 is 11.6 Å². The Morgan fingerprint density at radius 2 is 1.52 bits per heavy atom. The van der Waals surface area contributed by atoms with Crippen LogP contribution in [0, 0.1) is 0 Å². The summed E-state index contributed by atoms with van der Waals surface area (Å²) in [7, 11) is 0. The first-order valence-corrected chi connectivity index (χ1v) is 11.4. The molecule has 166 valence electrons. The molecule has 0 fully saturated rings. The molecule has 4 heteroatoms. The third kappa shape index (κ3) is 10.6. The molecule has 0 saturated heterocycles. The highest BCUT2D eigenvalue weighted by molar-refractivity contribution is 5.79. The Bertz CT molecular complexity index is 934. The maximum Gasteiger partial charge on any atom is 0.336 e. The molecule has 0 spiro atoms. The fraction of sp³-hybridized carbons (Fsp3) is 0.407. The lowest BCUT2D eigenvalue weighted by Gasteiger charge is -2.04. The van der Waals surface area contributed by atoms with Crippen LogP contribution >= 0.6 is 0 Å². The first kappa shape index (κ1) is 24.4. The van der Waals surface area contributed by atoms with Gasteiger partial charge < -0.3 is 9.15 Å². The van der Waals surface area contributed by atoms with E-state index in [-0.39, 0.29) is 5.97 Å². The van der Waals surface area contributed by atoms with Gasteiger partial charge in [0.25, 0.3) is 0 Å². The van der Waals surface area contributed by atoms with E-state index in [9.17, 15) is 9.59 Å². The summed E-state index contributed by atoms with van der Waals surface area (Å²) in [6.07, 6.45) is 23.3. The van der Waals surface area contributed by atoms with Gasteiger partial charge in [-0.1, -0.05) is 56.2 Å². The summed E-state index contributed by atoms with van der Waals surface area (Å²) in [5.74, 6) is 0.127. The number of ether oxygens (including phenoxy) is 1. The highest BCUT2D eigenvalue weighted by atomic mass is 16.5. The van der Waals surface area contributed by atoms with E-state index < -0.39 is 5.63 Å². The van der Waals surface area contributed by atoms with E-state index in [1.165, 1.54) is 31.7 Å². The fourth-order valence-corrected chi connectivity index (χ4v) is 3.11. The van der Waals surface area contributed by atoms with E-state index in [1.54, 1.807) is 24.3 Å². The standard InChI is InChI=1S/C27H34O4/c1-2-3-4-5-6-7-8-9-10-11-12-13-14-15-16-17-26(28)30-24-20-18-23-19-21-27(29)31-25(23)22-24/h6-7,9-10,12-13,18-22H,2-5,8,11,14-17H2,1H3. The molecule has 31 heavy (non-hydrogen) atoms. The minimum absolute atomic E-state index is 0.271. The molecule has 0 aliphatic heterocycles. The third-order valence-corrected chi connectivity index (χ3v) is 4.85. The fourth-order valence-electron chi connectivity index (χ4n) is 3.11. The highest BCUT2D eigenvalue weighted by Gasteiger charge is 2.06. The van der Waals surface area contributed by atoms with Gasteiger partial charge in [-0.3, -0.25) is 4.79 Å². The van der Waals surface area contributed by atoms with E-state index >= 15 is 0 Å². The summed E-state index contributed by atoms with van der Waals surface area (Å²) in [5, 5.41) is 0.792. The number of unbranched alkanes of at least 4 members (excludes halogenated alkanes) is 5. The van der Waals surface area contributed by atoms with Gasteiger partial charge in [-0.15, -0.1) is 0 Å². The normalized spacial score (nSPS) is 11.9. The smallest absolute Gasteiger partial charge is 0.336 e. The van der Waals surface area contributed by atoms with Gasteiger partial charge in [0.2, 0.25) is 0 Å². The summed E-state index contributed by atoms with van der Waals surface area (Å²) < 4.78 is 10.5. The second-order valence-electron chi connectivity index (χ2n) is 7.56. The van der Waals surface area contributed by atoms with Crippen LogP contribution in [0.25, 0.3) is 11.0 Å². The lowest BCUT2D eigenvalue weighted by molar-refractivity contribution is -0.134. The number of benzene rings is 1. The van der Waals surface area contributed by atoms with Crippen LogP contribution < -0.4 is 10.4 Å². The van der Waals surface area contributed by atoms with Gasteiger partial charge in [0.1, 0.15) is 11.3 Å². The van der Waals surface area contributed by atoms with Crippen LogP contribution in [0.3, 0.4) is 0 Å². The molecule has 4 nitrogen and oxygen atoms in total. The number of carbonyl (C=O) groups is 1. The number of carbonyl (C=O) groups excluding carboxylic acids is 1. The Morgan fingerprint density at radius 3 is 2.23 bits per heavy atom. The lowest BCUT2D eigenvalue weighted by atomic mass is 10.1. The molecule has 0 atom stereocenters. The predicted molar refractivity (Wildman–Crippen MR) is 127 cm³/mol. The van der Waals surface area contributed by atoms with Crippen LogP contribution in [0.2, 0.25) is 0 Å². The molecule has 1 aromatic carbocycles. The molecule has 0 bridgehead atoms. The van der Waals surface area contributed by atoms with Crippen molar-refractivity contribution in [2.45, 2.75) is 71.1 Å². The van der Waals surface area contributed by atoms with Crippen molar-refractivity contribution >= 4 is 16.9 Å². The van der Waals surface area contributed by atoms with Crippen molar-refractivity contribution in [1.82, 2.24) is 0 Å². The topological polar surface area (TPSA) is 56.5 Å². The second kappa shape index (κ2) is 15.0. The van der Waals surface area contributed by atoms with Crippen molar-refractivity contribution in [3.05, 3.63) is 77.2 Å². The minimum Gasteiger partial charge on any atom is -0.426 e. The number of esters is 1. The van der Waals surface area contributed by atoms with Gasteiger partial charge in [-0.05, 0) is 63.1 Å². The van der Waals surface area contributed by atoms with Crippen LogP contribution in [-0.2, 0) is 4.79 Å². The number of hydrogen-bond acceptors (Lipinski definition) is 4. The Labute approximate surface area is 185 Å². The summed E-state index contributed by atoms with van der Waals surface area (Å²) in [6.45, 7) is 2.23. The summed E-state index contributed by atoms with van der Waals surface area (Å²) in [5.41, 5.74) is -0.00542. The van der Waals surface area contributed by atoms with E-state index in [4.69, 9.17) is 9.15 Å². The Hall–Kier alpha value is -2.88. The summed E-state index contributed by atoms with van der Waals surface area (Å²) in [4.78, 5) is 23.3. The SMILES string of the molecule is CCCCCC=CCC=CCC=CCCCCC(=O)Oc1ccc2ccc(=O)oc2c1. The number of fused-ring (bicyclic) bond motifs is 1. The predicted octanol–water partition coefficient (Wildman–Crippen LogP) is 7.29. The van der Waals surface area contributed by atoms with Crippen molar-refractivity contribution in [1.29, 1.82) is 0 Å². The van der Waals surface area contributed by atoms with Crippen molar-refractivity contribution in [2.75, 3.05) is 0 Å². The molecule has 0 unspecified atom stereocenters. The molecule has 0 radical (unpaired) electrons. The first-order valence-electron chi connectivity index (χ1n) is 11.4. The number of allylic oxidation sites excluding steroid dienone is 6. The molecule has 2 rings (SSSR count). The van der Waals surface area contributed by atoms with Crippen molar-refractivity contribution in [3.63, 3.8) is 0 Å². The summed E-state index contributed by atoms with van der Waals surface area (Å²) in [6, 6.07) is 8.10. The van der Waals surface area contributed by atoms with E-state index in [2.05, 4.69) is 43.4 Å². The maximum absolute atomic E-state index is 12.0. The largest absolute Gasteiger partial charge is 0.426 e. The molecular formula is C27H34O4. The minimum atomic E-state index is -0.422. The molecule has 0 aliphatic rings. The molecule has 0 saturated carbocycles. The van der Waals surface area contributed by atoms with E-state index in [0.717, 1.165) is 37.5 Å². The first-order chi connectivity index (χ1) is 15.2. The maximum atomic E-state index is 12.0. The van der Waals surface area contributed by atoms with Crippen molar-refractivity contribution in [2.24, 2.45) is 0 Å². The van der Waals surface area contributed by atoms with Crippen molar-refractivity contribution < 1.29 is 13.9 Å². The van der Waals surface area contributed by atoms with E-state index in [1.807, 2.05) is 0 Å². The quantitative estimate of drug-likeness (QED) is 0.105. The molecule has 2 aromatic rings. The molecule has 0 N–H and O–H groups in total. The zero-order chi connectivity index (χ0) is 22.2. The van der Waals surface area contributed by atoms with Crippen LogP contribution in [0.4, 0.5) is 0 Å². The lowest BCUT2D eigenvalue weighted by Crippen LogP contribution is -2.07. The van der Waals surface area contributed by atoms with Crippen LogP contribution in [0.15, 0.2) is 76.0 Å². The monoisotopic (exact) mass is 422 g/mol. The second-order valence-corrected chi connectivity index (χ2v) is 7.56. The average Bonchev–Trinajstić information content (AvgIpc) is 2.76. The van der Waals surface area contributed by atoms with Crippen molar-refractivity contribution in [3.8, 4) is 5.75 Å². The zero-order valence-electron chi connectivity index (χ0n) is 18.6. The third-order valence-electron chi connectivity index (χ3n) is 4.85.